The first kappa shape index (κ1) is 21.3. The lowest BCUT2D eigenvalue weighted by atomic mass is 9.87. The van der Waals surface area contributed by atoms with Crippen molar-refractivity contribution in [3.8, 4) is 11.1 Å². The molecule has 5 heteroatoms. The number of nitrogens with one attached hydrogen (secondary N) is 1. The highest BCUT2D eigenvalue weighted by Gasteiger charge is 2.22. The van der Waals surface area contributed by atoms with E-state index in [1.54, 1.807) is 24.2 Å². The van der Waals surface area contributed by atoms with Crippen molar-refractivity contribution in [2.75, 3.05) is 12.4 Å². The molecule has 0 spiro atoms. The Morgan fingerprint density at radius 1 is 1.00 bits per heavy atom. The van der Waals surface area contributed by atoms with Gasteiger partial charge in [-0.1, -0.05) is 62.4 Å². The second-order valence-electron chi connectivity index (χ2n) is 8.55. The van der Waals surface area contributed by atoms with Crippen LogP contribution in [0.25, 0.3) is 11.1 Å². The average Bonchev–Trinajstić information content (AvgIpc) is 2.67. The Hall–Kier alpha value is -2.40. The van der Waals surface area contributed by atoms with Crippen LogP contribution in [0, 0.1) is 19.3 Å². The number of pyridine rings is 1. The van der Waals surface area contributed by atoms with Crippen LogP contribution in [0.5, 0.6) is 0 Å². The van der Waals surface area contributed by atoms with E-state index in [0.717, 1.165) is 34.4 Å². The molecule has 0 bridgehead atoms. The molecule has 2 aromatic heterocycles. The van der Waals surface area contributed by atoms with Gasteiger partial charge >= 0.3 is 0 Å². The van der Waals surface area contributed by atoms with Crippen LogP contribution in [0.15, 0.2) is 47.9 Å². The van der Waals surface area contributed by atoms with Gasteiger partial charge in [-0.15, -0.1) is 0 Å². The third kappa shape index (κ3) is 5.36. The van der Waals surface area contributed by atoms with Gasteiger partial charge in [-0.05, 0) is 42.9 Å². The molecular formula is C24H30N4S. The second-order valence-corrected chi connectivity index (χ2v) is 9.49. The minimum Gasteiger partial charge on any atom is -0.386 e. The lowest BCUT2D eigenvalue weighted by Gasteiger charge is -2.24. The molecule has 0 aliphatic carbocycles. The van der Waals surface area contributed by atoms with Gasteiger partial charge in [-0.3, -0.25) is 4.98 Å². The Labute approximate surface area is 178 Å². The molecule has 1 N–H and O–H groups in total. The van der Waals surface area contributed by atoms with Gasteiger partial charge in [0.25, 0.3) is 0 Å². The third-order valence-corrected chi connectivity index (χ3v) is 5.66. The van der Waals surface area contributed by atoms with Crippen LogP contribution in [0.4, 0.5) is 5.69 Å². The van der Waals surface area contributed by atoms with Crippen LogP contribution in [-0.4, -0.2) is 22.0 Å². The standard InChI is InChI=1S/C24H30N4S/c1-16-8-10-18(11-9-16)21-19(15-29-23-26-12-7-13-27-23)17(2)28-20(22(21)25-6)14-24(3,4)5/h7-13,25H,14-15H2,1-6H3. The van der Waals surface area contributed by atoms with Crippen molar-refractivity contribution in [2.45, 2.75) is 51.9 Å². The number of hydrogen-bond donors (Lipinski definition) is 1. The molecule has 0 saturated carbocycles. The normalized spacial score (nSPS) is 11.5. The summed E-state index contributed by atoms with van der Waals surface area (Å²) in [4.78, 5) is 13.8. The Morgan fingerprint density at radius 3 is 2.24 bits per heavy atom. The summed E-state index contributed by atoms with van der Waals surface area (Å²) < 4.78 is 0. The van der Waals surface area contributed by atoms with Gasteiger partial charge in [0.2, 0.25) is 0 Å². The van der Waals surface area contributed by atoms with Crippen molar-refractivity contribution < 1.29 is 0 Å². The fourth-order valence-electron chi connectivity index (χ4n) is 3.41. The molecule has 0 atom stereocenters. The number of hydrogen-bond acceptors (Lipinski definition) is 5. The number of thioether (sulfide) groups is 1. The maximum Gasteiger partial charge on any atom is 0.187 e. The summed E-state index contributed by atoms with van der Waals surface area (Å²) in [6.07, 6.45) is 4.48. The van der Waals surface area contributed by atoms with Crippen molar-refractivity contribution >= 4 is 17.4 Å². The minimum atomic E-state index is 0.156. The van der Waals surface area contributed by atoms with Crippen molar-refractivity contribution in [3.05, 3.63) is 65.2 Å². The first-order chi connectivity index (χ1) is 13.8. The van der Waals surface area contributed by atoms with Crippen LogP contribution in [0.2, 0.25) is 0 Å². The number of benzene rings is 1. The first-order valence-electron chi connectivity index (χ1n) is 9.95. The summed E-state index contributed by atoms with van der Waals surface area (Å²) in [6.45, 7) is 11.0. The van der Waals surface area contributed by atoms with Gasteiger partial charge < -0.3 is 5.32 Å². The predicted octanol–water partition coefficient (Wildman–Crippen LogP) is 6.08. The van der Waals surface area contributed by atoms with Crippen molar-refractivity contribution in [1.29, 1.82) is 0 Å². The van der Waals surface area contributed by atoms with E-state index in [1.807, 2.05) is 13.1 Å². The van der Waals surface area contributed by atoms with Crippen LogP contribution < -0.4 is 5.32 Å². The molecule has 3 aromatic rings. The topological polar surface area (TPSA) is 50.7 Å². The van der Waals surface area contributed by atoms with Crippen molar-refractivity contribution in [2.24, 2.45) is 5.41 Å². The van der Waals surface area contributed by atoms with Gasteiger partial charge in [-0.25, -0.2) is 9.97 Å². The second kappa shape index (κ2) is 8.95. The molecule has 1 aromatic carbocycles. The van der Waals surface area contributed by atoms with E-state index >= 15 is 0 Å². The molecule has 29 heavy (non-hydrogen) atoms. The molecule has 0 saturated heterocycles. The van der Waals surface area contributed by atoms with Gasteiger partial charge in [0.05, 0.1) is 11.4 Å². The highest BCUT2D eigenvalue weighted by Crippen LogP contribution is 2.39. The quantitative estimate of drug-likeness (QED) is 0.397. The number of rotatable bonds is 6. The molecule has 0 amide bonds. The van der Waals surface area contributed by atoms with Crippen LogP contribution in [0.1, 0.15) is 43.3 Å². The molecule has 0 aliphatic rings. The fourth-order valence-corrected chi connectivity index (χ4v) is 4.31. The van der Waals surface area contributed by atoms with Gasteiger partial charge in [-0.2, -0.15) is 0 Å². The largest absolute Gasteiger partial charge is 0.386 e. The summed E-state index contributed by atoms with van der Waals surface area (Å²) in [5.41, 5.74) is 8.42. The Bertz CT molecular complexity index is 961. The highest BCUT2D eigenvalue weighted by molar-refractivity contribution is 7.98. The fraction of sp³-hybridized carbons (Fsp3) is 0.375. The van der Waals surface area contributed by atoms with Crippen LogP contribution >= 0.6 is 11.8 Å². The minimum absolute atomic E-state index is 0.156. The smallest absolute Gasteiger partial charge is 0.187 e. The molecule has 0 unspecified atom stereocenters. The van der Waals surface area contributed by atoms with E-state index < -0.39 is 0 Å². The van der Waals surface area contributed by atoms with E-state index in [1.165, 1.54) is 22.3 Å². The van der Waals surface area contributed by atoms with Gasteiger partial charge in [0, 0.05) is 36.5 Å². The number of nitrogens with zero attached hydrogens (tertiary/aromatic N) is 3. The zero-order chi connectivity index (χ0) is 21.0. The van der Waals surface area contributed by atoms with E-state index in [2.05, 4.69) is 74.2 Å². The molecule has 0 radical (unpaired) electrons. The molecule has 152 valence electrons. The monoisotopic (exact) mass is 406 g/mol. The molecular weight excluding hydrogens is 376 g/mol. The van der Waals surface area contributed by atoms with E-state index in [-0.39, 0.29) is 5.41 Å². The lowest BCUT2D eigenvalue weighted by Crippen LogP contribution is -2.15. The van der Waals surface area contributed by atoms with Crippen LogP contribution in [0.3, 0.4) is 0 Å². The number of aromatic nitrogens is 3. The molecule has 0 aliphatic heterocycles. The maximum absolute atomic E-state index is 5.03. The lowest BCUT2D eigenvalue weighted by molar-refractivity contribution is 0.406. The number of aryl methyl sites for hydroxylation is 2. The zero-order valence-corrected chi connectivity index (χ0v) is 19.0. The summed E-state index contributed by atoms with van der Waals surface area (Å²) in [7, 11) is 1.99. The third-order valence-electron chi connectivity index (χ3n) is 4.76. The Balaban J connectivity index is 2.13. The maximum atomic E-state index is 5.03. The molecule has 0 fully saturated rings. The molecule has 4 nitrogen and oxygen atoms in total. The van der Waals surface area contributed by atoms with Crippen molar-refractivity contribution in [3.63, 3.8) is 0 Å². The van der Waals surface area contributed by atoms with Crippen LogP contribution in [-0.2, 0) is 12.2 Å². The number of anilines is 1. The summed E-state index contributed by atoms with van der Waals surface area (Å²) in [6, 6.07) is 10.6. The summed E-state index contributed by atoms with van der Waals surface area (Å²) >= 11 is 1.65. The highest BCUT2D eigenvalue weighted by atomic mass is 32.2. The van der Waals surface area contributed by atoms with Crippen molar-refractivity contribution in [1.82, 2.24) is 15.0 Å². The van der Waals surface area contributed by atoms with E-state index in [9.17, 15) is 0 Å². The summed E-state index contributed by atoms with van der Waals surface area (Å²) in [5.74, 6) is 0.774. The van der Waals surface area contributed by atoms with E-state index in [0.29, 0.717) is 0 Å². The van der Waals surface area contributed by atoms with E-state index in [4.69, 9.17) is 4.98 Å². The zero-order valence-electron chi connectivity index (χ0n) is 18.2. The summed E-state index contributed by atoms with van der Waals surface area (Å²) in [5, 5.41) is 4.25. The predicted molar refractivity (Wildman–Crippen MR) is 123 cm³/mol. The Morgan fingerprint density at radius 2 is 1.66 bits per heavy atom. The first-order valence-corrected chi connectivity index (χ1v) is 10.9. The SMILES string of the molecule is CNc1c(CC(C)(C)C)nc(C)c(CSc2ncccn2)c1-c1ccc(C)cc1. The molecule has 3 rings (SSSR count). The Kier molecular flexibility index (Phi) is 6.58. The average molecular weight is 407 g/mol. The van der Waals surface area contributed by atoms with Gasteiger partial charge in [0.1, 0.15) is 0 Å². The molecule has 2 heterocycles. The van der Waals surface area contributed by atoms with Gasteiger partial charge in [0.15, 0.2) is 5.16 Å².